The minimum Gasteiger partial charge on any atom is -0.373 e. The fraction of sp³-hybridized carbons (Fsp3) is 0.375. The highest BCUT2D eigenvalue weighted by Crippen LogP contribution is 2.24. The number of nitrogens with zero attached hydrogens (tertiary/aromatic N) is 2. The average molecular weight is 284 g/mol. The van der Waals surface area contributed by atoms with Crippen molar-refractivity contribution in [2.75, 3.05) is 5.32 Å². The highest BCUT2D eigenvalue weighted by atomic mass is 16.2. The van der Waals surface area contributed by atoms with Crippen LogP contribution in [0.5, 0.6) is 0 Å². The van der Waals surface area contributed by atoms with E-state index in [4.69, 9.17) is 0 Å². The van der Waals surface area contributed by atoms with Gasteiger partial charge >= 0.3 is 0 Å². The molecule has 1 aliphatic heterocycles. The van der Waals surface area contributed by atoms with Gasteiger partial charge in [0.15, 0.2) is 0 Å². The van der Waals surface area contributed by atoms with Gasteiger partial charge in [0.05, 0.1) is 5.69 Å². The van der Waals surface area contributed by atoms with E-state index < -0.39 is 0 Å². The molecule has 0 bridgehead atoms. The maximum Gasteiger partial charge on any atom is 0.242 e. The molecule has 2 N–H and O–H groups in total. The molecule has 0 aliphatic carbocycles. The molecular formula is C16H20N4O. The number of anilines is 1. The number of aromatic nitrogens is 2. The molecule has 110 valence electrons. The van der Waals surface area contributed by atoms with Crippen molar-refractivity contribution < 1.29 is 4.79 Å². The summed E-state index contributed by atoms with van der Waals surface area (Å²) in [4.78, 5) is 12.3. The van der Waals surface area contributed by atoms with Crippen molar-refractivity contribution in [1.82, 2.24) is 15.1 Å². The van der Waals surface area contributed by atoms with Gasteiger partial charge in [-0.2, -0.15) is 5.10 Å². The summed E-state index contributed by atoms with van der Waals surface area (Å²) in [6.45, 7) is 2.48. The summed E-state index contributed by atoms with van der Waals surface area (Å²) in [6.07, 6.45) is 3.71. The Hall–Kier alpha value is -2.30. The second-order valence-corrected chi connectivity index (χ2v) is 5.52. The van der Waals surface area contributed by atoms with Crippen molar-refractivity contribution in [3.8, 4) is 0 Å². The van der Waals surface area contributed by atoms with Crippen LogP contribution in [0.1, 0.15) is 23.2 Å². The molecule has 5 heteroatoms. The molecule has 2 heterocycles. The fourth-order valence-corrected chi connectivity index (χ4v) is 2.76. The first-order valence-corrected chi connectivity index (χ1v) is 7.25. The van der Waals surface area contributed by atoms with Crippen LogP contribution in [0, 0.1) is 6.92 Å². The molecule has 3 rings (SSSR count). The highest BCUT2D eigenvalue weighted by molar-refractivity contribution is 5.85. The van der Waals surface area contributed by atoms with Gasteiger partial charge in [-0.3, -0.25) is 9.48 Å². The molecule has 0 saturated carbocycles. The lowest BCUT2D eigenvalue weighted by Crippen LogP contribution is -2.41. The highest BCUT2D eigenvalue weighted by Gasteiger charge is 2.23. The molecule has 21 heavy (non-hydrogen) atoms. The lowest BCUT2D eigenvalue weighted by Gasteiger charge is -2.26. The molecule has 1 amide bonds. The van der Waals surface area contributed by atoms with E-state index in [-0.39, 0.29) is 11.9 Å². The predicted molar refractivity (Wildman–Crippen MR) is 82.0 cm³/mol. The lowest BCUT2D eigenvalue weighted by atomic mass is 9.97. The van der Waals surface area contributed by atoms with E-state index in [1.165, 1.54) is 5.56 Å². The monoisotopic (exact) mass is 284 g/mol. The van der Waals surface area contributed by atoms with Crippen molar-refractivity contribution in [2.24, 2.45) is 7.05 Å². The second kappa shape index (κ2) is 5.60. The van der Waals surface area contributed by atoms with Gasteiger partial charge in [0.25, 0.3) is 0 Å². The molecule has 0 saturated heterocycles. The number of carbonyl (C=O) groups excluding carboxylic acids is 1. The van der Waals surface area contributed by atoms with Crippen LogP contribution in [-0.2, 0) is 24.8 Å². The normalized spacial score (nSPS) is 17.0. The standard InChI is InChI=1S/C16H20N4O/c1-11-13(10-20(2)19-11)9-17-16(21)15-8-7-12-5-3-4-6-14(12)18-15/h3-6,10,15,18H,7-9H2,1-2H3,(H,17,21). The van der Waals surface area contributed by atoms with Crippen LogP contribution >= 0.6 is 0 Å². The Morgan fingerprint density at radius 3 is 3.05 bits per heavy atom. The number of fused-ring (bicyclic) bond motifs is 1. The summed E-state index contributed by atoms with van der Waals surface area (Å²) in [5.74, 6) is 0.0488. The first kappa shape index (κ1) is 13.7. The molecule has 0 fully saturated rings. The number of hydrogen-bond acceptors (Lipinski definition) is 3. The van der Waals surface area contributed by atoms with Gasteiger partial charge in [-0.1, -0.05) is 18.2 Å². The first-order chi connectivity index (χ1) is 10.1. The molecule has 1 atom stereocenters. The zero-order chi connectivity index (χ0) is 14.8. The Labute approximate surface area is 124 Å². The predicted octanol–water partition coefficient (Wildman–Crippen LogP) is 1.77. The molecule has 2 aromatic rings. The smallest absolute Gasteiger partial charge is 0.242 e. The van der Waals surface area contributed by atoms with E-state index in [9.17, 15) is 4.79 Å². The Balaban J connectivity index is 1.61. The van der Waals surface area contributed by atoms with E-state index in [0.717, 1.165) is 29.8 Å². The number of rotatable bonds is 3. The summed E-state index contributed by atoms with van der Waals surface area (Å²) in [5, 5.41) is 10.6. The number of amides is 1. The Morgan fingerprint density at radius 1 is 1.48 bits per heavy atom. The Morgan fingerprint density at radius 2 is 2.29 bits per heavy atom. The van der Waals surface area contributed by atoms with E-state index >= 15 is 0 Å². The molecule has 1 unspecified atom stereocenters. The van der Waals surface area contributed by atoms with Crippen molar-refractivity contribution in [2.45, 2.75) is 32.4 Å². The first-order valence-electron chi connectivity index (χ1n) is 7.25. The van der Waals surface area contributed by atoms with E-state index in [1.54, 1.807) is 4.68 Å². The van der Waals surface area contributed by atoms with Crippen LogP contribution < -0.4 is 10.6 Å². The SMILES string of the molecule is Cc1nn(C)cc1CNC(=O)C1CCc2ccccc2N1. The van der Waals surface area contributed by atoms with Gasteiger partial charge in [0.1, 0.15) is 6.04 Å². The minimum absolute atomic E-state index is 0.0488. The summed E-state index contributed by atoms with van der Waals surface area (Å²) in [6, 6.07) is 8.00. The molecule has 0 radical (unpaired) electrons. The molecule has 1 aromatic heterocycles. The largest absolute Gasteiger partial charge is 0.373 e. The molecular weight excluding hydrogens is 264 g/mol. The van der Waals surface area contributed by atoms with Crippen LogP contribution in [-0.4, -0.2) is 21.7 Å². The Kier molecular flexibility index (Phi) is 3.64. The van der Waals surface area contributed by atoms with Gasteiger partial charge in [0, 0.05) is 31.0 Å². The van der Waals surface area contributed by atoms with E-state index in [0.29, 0.717) is 6.54 Å². The number of para-hydroxylation sites is 1. The van der Waals surface area contributed by atoms with Crippen LogP contribution in [0.15, 0.2) is 30.5 Å². The van der Waals surface area contributed by atoms with Gasteiger partial charge in [-0.15, -0.1) is 0 Å². The molecule has 5 nitrogen and oxygen atoms in total. The summed E-state index contributed by atoms with van der Waals surface area (Å²) in [5.41, 5.74) is 4.37. The summed E-state index contributed by atoms with van der Waals surface area (Å²) < 4.78 is 1.77. The zero-order valence-electron chi connectivity index (χ0n) is 12.4. The number of nitrogens with one attached hydrogen (secondary N) is 2. The van der Waals surface area contributed by atoms with Gasteiger partial charge in [-0.25, -0.2) is 0 Å². The van der Waals surface area contributed by atoms with Crippen molar-refractivity contribution in [1.29, 1.82) is 0 Å². The van der Waals surface area contributed by atoms with Crippen molar-refractivity contribution in [3.05, 3.63) is 47.3 Å². The van der Waals surface area contributed by atoms with Crippen LogP contribution in [0.4, 0.5) is 5.69 Å². The van der Waals surface area contributed by atoms with Gasteiger partial charge in [0.2, 0.25) is 5.91 Å². The Bertz CT molecular complexity index is 662. The number of benzene rings is 1. The van der Waals surface area contributed by atoms with Gasteiger partial charge < -0.3 is 10.6 Å². The average Bonchev–Trinajstić information content (AvgIpc) is 2.82. The quantitative estimate of drug-likeness (QED) is 0.903. The second-order valence-electron chi connectivity index (χ2n) is 5.52. The third-order valence-electron chi connectivity index (χ3n) is 3.93. The van der Waals surface area contributed by atoms with Crippen molar-refractivity contribution >= 4 is 11.6 Å². The maximum absolute atomic E-state index is 12.3. The fourth-order valence-electron chi connectivity index (χ4n) is 2.76. The van der Waals surface area contributed by atoms with Crippen molar-refractivity contribution in [3.63, 3.8) is 0 Å². The third-order valence-corrected chi connectivity index (χ3v) is 3.93. The topological polar surface area (TPSA) is 59.0 Å². The summed E-state index contributed by atoms with van der Waals surface area (Å²) >= 11 is 0. The number of carbonyl (C=O) groups is 1. The minimum atomic E-state index is -0.156. The third kappa shape index (κ3) is 2.91. The summed E-state index contributed by atoms with van der Waals surface area (Å²) in [7, 11) is 1.89. The van der Waals surface area contributed by atoms with E-state index in [2.05, 4.69) is 21.8 Å². The lowest BCUT2D eigenvalue weighted by molar-refractivity contribution is -0.122. The molecule has 0 spiro atoms. The van der Waals surface area contributed by atoms with Crippen LogP contribution in [0.2, 0.25) is 0 Å². The molecule has 1 aliphatic rings. The molecule has 1 aromatic carbocycles. The van der Waals surface area contributed by atoms with Crippen LogP contribution in [0.3, 0.4) is 0 Å². The number of aryl methyl sites for hydroxylation is 3. The maximum atomic E-state index is 12.3. The van der Waals surface area contributed by atoms with Gasteiger partial charge in [-0.05, 0) is 31.4 Å². The zero-order valence-corrected chi connectivity index (χ0v) is 12.4. The van der Waals surface area contributed by atoms with Crippen LogP contribution in [0.25, 0.3) is 0 Å². The number of hydrogen-bond donors (Lipinski definition) is 2. The van der Waals surface area contributed by atoms with E-state index in [1.807, 2.05) is 38.4 Å².